The first-order chi connectivity index (χ1) is 11.4. The number of unbranched alkanes of at least 4 members (excludes halogenated alkanes) is 9. The van der Waals surface area contributed by atoms with E-state index >= 15 is 0 Å². The van der Waals surface area contributed by atoms with Gasteiger partial charge in [0.2, 0.25) is 0 Å². The molecule has 1 aromatic carbocycles. The summed E-state index contributed by atoms with van der Waals surface area (Å²) in [6, 6.07) is 6.59. The molecular weight excluding hydrogens is 320 g/mol. The number of hydrogen-bond donors (Lipinski definition) is 1. The van der Waals surface area contributed by atoms with E-state index in [0.717, 1.165) is 12.0 Å². The van der Waals surface area contributed by atoms with E-state index in [9.17, 15) is 8.42 Å². The number of benzene rings is 1. The molecule has 0 bridgehead atoms. The summed E-state index contributed by atoms with van der Waals surface area (Å²) in [5.41, 5.74) is 1.14. The molecule has 0 fully saturated rings. The molecule has 4 heteroatoms. The Morgan fingerprint density at radius 2 is 1.29 bits per heavy atom. The summed E-state index contributed by atoms with van der Waals surface area (Å²) in [5, 5.41) is 0. The summed E-state index contributed by atoms with van der Waals surface area (Å²) in [4.78, 5) is -0.0302. The van der Waals surface area contributed by atoms with Crippen molar-refractivity contribution in [3.05, 3.63) is 29.8 Å². The molecule has 0 aliphatic rings. The lowest BCUT2D eigenvalue weighted by atomic mass is 9.94. The summed E-state index contributed by atoms with van der Waals surface area (Å²) in [6.45, 7) is 4.43. The van der Waals surface area contributed by atoms with Crippen molar-refractivity contribution in [2.45, 2.75) is 95.3 Å². The lowest BCUT2D eigenvalue weighted by molar-refractivity contribution is 0.483. The van der Waals surface area contributed by atoms with Crippen molar-refractivity contribution in [2.75, 3.05) is 0 Å². The van der Waals surface area contributed by atoms with Gasteiger partial charge in [0.05, 0.1) is 4.90 Å². The van der Waals surface area contributed by atoms with Crippen LogP contribution in [-0.4, -0.2) is 13.0 Å². The third kappa shape index (κ3) is 8.84. The third-order valence-electron chi connectivity index (χ3n) is 4.74. The normalized spacial score (nSPS) is 13.1. The van der Waals surface area contributed by atoms with E-state index in [2.05, 4.69) is 13.8 Å². The van der Waals surface area contributed by atoms with E-state index < -0.39 is 10.1 Å². The summed E-state index contributed by atoms with van der Waals surface area (Å²) < 4.78 is 31.1. The highest BCUT2D eigenvalue weighted by atomic mass is 32.2. The van der Waals surface area contributed by atoms with Crippen molar-refractivity contribution in [1.29, 1.82) is 0 Å². The summed E-state index contributed by atoms with van der Waals surface area (Å²) in [6.07, 6.45) is 14.5. The van der Waals surface area contributed by atoms with Crippen molar-refractivity contribution >= 4 is 10.1 Å². The van der Waals surface area contributed by atoms with Gasteiger partial charge in [-0.2, -0.15) is 8.42 Å². The molecule has 0 spiro atoms. The van der Waals surface area contributed by atoms with Crippen molar-refractivity contribution in [2.24, 2.45) is 0 Å². The van der Waals surface area contributed by atoms with Gasteiger partial charge in [-0.15, -0.1) is 0 Å². The minimum absolute atomic E-state index is 0.0302. The van der Waals surface area contributed by atoms with Crippen molar-refractivity contribution in [3.63, 3.8) is 0 Å². The average Bonchev–Trinajstić information content (AvgIpc) is 2.55. The quantitative estimate of drug-likeness (QED) is 0.332. The summed E-state index contributed by atoms with van der Waals surface area (Å²) >= 11 is 0. The molecule has 0 aliphatic heterocycles. The fourth-order valence-electron chi connectivity index (χ4n) is 3.07. The summed E-state index contributed by atoms with van der Waals surface area (Å²) in [7, 11) is -4.08. The molecule has 1 aromatic rings. The van der Waals surface area contributed by atoms with Crippen LogP contribution in [0.5, 0.6) is 0 Å². The number of rotatable bonds is 13. The lowest BCUT2D eigenvalue weighted by Crippen LogP contribution is -1.99. The van der Waals surface area contributed by atoms with E-state index in [1.54, 1.807) is 0 Å². The maximum Gasteiger partial charge on any atom is 0.294 e. The van der Waals surface area contributed by atoms with Gasteiger partial charge in [-0.25, -0.2) is 0 Å². The first-order valence-electron chi connectivity index (χ1n) is 9.52. The Bertz CT molecular complexity index is 535. The highest BCUT2D eigenvalue weighted by Crippen LogP contribution is 2.23. The molecule has 0 heterocycles. The van der Waals surface area contributed by atoms with Gasteiger partial charge in [0, 0.05) is 0 Å². The van der Waals surface area contributed by atoms with Gasteiger partial charge in [-0.3, -0.25) is 4.55 Å². The fraction of sp³-hybridized carbons (Fsp3) is 0.700. The topological polar surface area (TPSA) is 54.4 Å². The molecule has 0 amide bonds. The maximum absolute atomic E-state index is 11.0. The zero-order valence-electron chi connectivity index (χ0n) is 15.3. The Kier molecular flexibility index (Phi) is 10.3. The predicted molar refractivity (Wildman–Crippen MR) is 101 cm³/mol. The first-order valence-corrected chi connectivity index (χ1v) is 11.0. The lowest BCUT2D eigenvalue weighted by Gasteiger charge is -2.12. The van der Waals surface area contributed by atoms with Gasteiger partial charge >= 0.3 is 0 Å². The van der Waals surface area contributed by atoms with E-state index in [1.807, 2.05) is 12.1 Å². The van der Waals surface area contributed by atoms with Crippen molar-refractivity contribution in [1.82, 2.24) is 0 Å². The van der Waals surface area contributed by atoms with E-state index in [4.69, 9.17) is 4.55 Å². The molecule has 0 aromatic heterocycles. The van der Waals surface area contributed by atoms with Gasteiger partial charge in [-0.05, 0) is 30.0 Å². The molecule has 0 aliphatic carbocycles. The zero-order valence-corrected chi connectivity index (χ0v) is 16.2. The fourth-order valence-corrected chi connectivity index (χ4v) is 3.55. The minimum atomic E-state index is -4.08. The van der Waals surface area contributed by atoms with Crippen LogP contribution >= 0.6 is 0 Å². The van der Waals surface area contributed by atoms with Crippen LogP contribution in [0.15, 0.2) is 29.2 Å². The van der Waals surface area contributed by atoms with Gasteiger partial charge in [0.15, 0.2) is 0 Å². The standard InChI is InChI=1S/C20H34O3S/c1-3-4-5-6-7-8-9-10-11-12-13-18(2)19-14-16-20(17-15-19)24(21,22)23/h14-18H,3-13H2,1-2H3,(H,21,22,23). The second-order valence-corrected chi connectivity index (χ2v) is 8.34. The van der Waals surface area contributed by atoms with E-state index in [1.165, 1.54) is 76.3 Å². The molecule has 1 unspecified atom stereocenters. The van der Waals surface area contributed by atoms with E-state index in [-0.39, 0.29) is 4.90 Å². The Balaban J connectivity index is 2.13. The van der Waals surface area contributed by atoms with Crippen LogP contribution in [0.25, 0.3) is 0 Å². The molecule has 138 valence electrons. The molecule has 3 nitrogen and oxygen atoms in total. The van der Waals surface area contributed by atoms with E-state index in [0.29, 0.717) is 5.92 Å². The van der Waals surface area contributed by atoms with Crippen LogP contribution in [0.3, 0.4) is 0 Å². The first kappa shape index (κ1) is 21.2. The van der Waals surface area contributed by atoms with Crippen molar-refractivity contribution in [3.8, 4) is 0 Å². The average molecular weight is 355 g/mol. The van der Waals surface area contributed by atoms with Crippen LogP contribution < -0.4 is 0 Å². The van der Waals surface area contributed by atoms with Gasteiger partial charge in [0.1, 0.15) is 0 Å². The van der Waals surface area contributed by atoms with Gasteiger partial charge < -0.3 is 0 Å². The second kappa shape index (κ2) is 11.6. The molecular formula is C20H34O3S. The largest absolute Gasteiger partial charge is 0.294 e. The van der Waals surface area contributed by atoms with Crippen LogP contribution in [0.1, 0.15) is 96.0 Å². The summed E-state index contributed by atoms with van der Waals surface area (Å²) in [5.74, 6) is 0.425. The SMILES string of the molecule is CCCCCCCCCCCCC(C)c1ccc(S(=O)(=O)O)cc1. The van der Waals surface area contributed by atoms with Crippen molar-refractivity contribution < 1.29 is 13.0 Å². The Morgan fingerprint density at radius 1 is 0.833 bits per heavy atom. The monoisotopic (exact) mass is 354 g/mol. The molecule has 0 saturated heterocycles. The molecule has 1 N–H and O–H groups in total. The minimum Gasteiger partial charge on any atom is -0.282 e. The number of hydrogen-bond acceptors (Lipinski definition) is 2. The van der Waals surface area contributed by atoms with Crippen LogP contribution in [0.2, 0.25) is 0 Å². The molecule has 24 heavy (non-hydrogen) atoms. The second-order valence-electron chi connectivity index (χ2n) is 6.92. The molecule has 0 radical (unpaired) electrons. The highest BCUT2D eigenvalue weighted by Gasteiger charge is 2.10. The third-order valence-corrected chi connectivity index (χ3v) is 5.61. The van der Waals surface area contributed by atoms with Gasteiger partial charge in [0.25, 0.3) is 10.1 Å². The Morgan fingerprint density at radius 3 is 1.75 bits per heavy atom. The predicted octanol–water partition coefficient (Wildman–Crippen LogP) is 6.35. The molecule has 1 rings (SSSR count). The molecule has 0 saturated carbocycles. The zero-order chi connectivity index (χ0) is 17.8. The van der Waals surface area contributed by atoms with Crippen LogP contribution in [0.4, 0.5) is 0 Å². The smallest absolute Gasteiger partial charge is 0.282 e. The Hall–Kier alpha value is -0.870. The molecule has 1 atom stereocenters. The van der Waals surface area contributed by atoms with Crippen LogP contribution in [0, 0.1) is 0 Å². The maximum atomic E-state index is 11.0. The van der Waals surface area contributed by atoms with Gasteiger partial charge in [-0.1, -0.05) is 90.2 Å². The highest BCUT2D eigenvalue weighted by molar-refractivity contribution is 7.85. The Labute approximate surface area is 148 Å². The van der Waals surface area contributed by atoms with Crippen LogP contribution in [-0.2, 0) is 10.1 Å².